The number of ether oxygens (including phenoxy) is 2. The van der Waals surface area contributed by atoms with Gasteiger partial charge in [-0.05, 0) is 60.9 Å². The zero-order chi connectivity index (χ0) is 24.4. The van der Waals surface area contributed by atoms with Crippen molar-refractivity contribution in [2.75, 3.05) is 23.8 Å². The predicted octanol–water partition coefficient (Wildman–Crippen LogP) is 4.47. The number of rotatable bonds is 10. The van der Waals surface area contributed by atoms with Gasteiger partial charge in [0, 0.05) is 22.3 Å². The van der Waals surface area contributed by atoms with Gasteiger partial charge in [0.25, 0.3) is 5.91 Å². The van der Waals surface area contributed by atoms with Crippen LogP contribution in [-0.4, -0.2) is 37.0 Å². The summed E-state index contributed by atoms with van der Waals surface area (Å²) in [6.07, 6.45) is -0.216. The van der Waals surface area contributed by atoms with Crippen molar-refractivity contribution in [2.45, 2.75) is 33.6 Å². The van der Waals surface area contributed by atoms with Crippen LogP contribution in [0.1, 0.15) is 42.6 Å². The predicted molar refractivity (Wildman–Crippen MR) is 128 cm³/mol. The Morgan fingerprint density at radius 1 is 0.909 bits per heavy atom. The molecule has 0 aliphatic carbocycles. The fourth-order valence-corrected chi connectivity index (χ4v) is 3.10. The topological polar surface area (TPSA) is 111 Å². The summed E-state index contributed by atoms with van der Waals surface area (Å²) in [5.41, 5.74) is 2.37. The van der Waals surface area contributed by atoms with E-state index in [1.165, 1.54) is 12.1 Å². The normalized spacial score (nSPS) is 10.5. The highest BCUT2D eigenvalue weighted by molar-refractivity contribution is 9.10. The van der Waals surface area contributed by atoms with Gasteiger partial charge in [-0.15, -0.1) is 0 Å². The maximum Gasteiger partial charge on any atom is 0.338 e. The van der Waals surface area contributed by atoms with Crippen LogP contribution in [0.2, 0.25) is 0 Å². The summed E-state index contributed by atoms with van der Waals surface area (Å²) in [7, 11) is 0. The average Bonchev–Trinajstić information content (AvgIpc) is 2.77. The van der Waals surface area contributed by atoms with E-state index in [2.05, 4.69) is 26.6 Å². The van der Waals surface area contributed by atoms with E-state index in [-0.39, 0.29) is 24.7 Å². The second kappa shape index (κ2) is 12.7. The van der Waals surface area contributed by atoms with Gasteiger partial charge in [0.2, 0.25) is 5.91 Å². The largest absolute Gasteiger partial charge is 0.462 e. The molecule has 0 saturated carbocycles. The molecule has 2 aromatic rings. The van der Waals surface area contributed by atoms with Gasteiger partial charge in [-0.25, -0.2) is 4.79 Å². The molecule has 0 aliphatic rings. The van der Waals surface area contributed by atoms with Gasteiger partial charge in [-0.3, -0.25) is 14.4 Å². The number of amides is 2. The number of hydrogen-bond acceptors (Lipinski definition) is 6. The molecule has 33 heavy (non-hydrogen) atoms. The molecule has 0 saturated heterocycles. The van der Waals surface area contributed by atoms with E-state index >= 15 is 0 Å². The van der Waals surface area contributed by atoms with E-state index in [1.54, 1.807) is 18.2 Å². The first-order valence-electron chi connectivity index (χ1n) is 10.4. The van der Waals surface area contributed by atoms with Crippen LogP contribution >= 0.6 is 15.9 Å². The van der Waals surface area contributed by atoms with Crippen LogP contribution in [-0.2, 0) is 23.9 Å². The lowest BCUT2D eigenvalue weighted by molar-refractivity contribution is -0.147. The smallest absolute Gasteiger partial charge is 0.338 e. The molecule has 0 spiro atoms. The van der Waals surface area contributed by atoms with Crippen molar-refractivity contribution < 1.29 is 28.7 Å². The Kier molecular flexibility index (Phi) is 10.1. The number of carbonyl (C=O) groups is 4. The highest BCUT2D eigenvalue weighted by Crippen LogP contribution is 2.20. The molecule has 0 aliphatic heterocycles. The summed E-state index contributed by atoms with van der Waals surface area (Å²) in [6.45, 7) is 5.59. The Balaban J connectivity index is 1.70. The highest BCUT2D eigenvalue weighted by atomic mass is 79.9. The fourth-order valence-electron chi connectivity index (χ4n) is 2.63. The number of benzene rings is 2. The molecule has 0 unspecified atom stereocenters. The first kappa shape index (κ1) is 26.1. The Hall–Kier alpha value is -3.20. The standard InChI is InChI=1S/C24H27BrN2O6/c1-15(2)13-33-24(31)17-4-7-19(8-5-17)26-22(29)14-32-23(30)11-10-21(28)27-20-9-6-18(25)12-16(20)3/h4-9,12,15H,10-11,13-14H2,1-3H3,(H,26,29)(H,27,28). The lowest BCUT2D eigenvalue weighted by atomic mass is 10.2. The third-order valence-corrected chi connectivity index (χ3v) is 4.83. The summed E-state index contributed by atoms with van der Waals surface area (Å²) in [6, 6.07) is 11.6. The van der Waals surface area contributed by atoms with Gasteiger partial charge in [-0.1, -0.05) is 29.8 Å². The molecular formula is C24H27BrN2O6. The summed E-state index contributed by atoms with van der Waals surface area (Å²) < 4.78 is 11.0. The Labute approximate surface area is 201 Å². The Morgan fingerprint density at radius 2 is 1.61 bits per heavy atom. The van der Waals surface area contributed by atoms with Crippen LogP contribution in [0.3, 0.4) is 0 Å². The third kappa shape index (κ3) is 9.44. The van der Waals surface area contributed by atoms with Crippen molar-refractivity contribution in [2.24, 2.45) is 5.92 Å². The first-order valence-corrected chi connectivity index (χ1v) is 11.2. The van der Waals surface area contributed by atoms with Gasteiger partial charge in [0.15, 0.2) is 6.61 Å². The average molecular weight is 519 g/mol. The van der Waals surface area contributed by atoms with E-state index < -0.39 is 24.5 Å². The highest BCUT2D eigenvalue weighted by Gasteiger charge is 2.13. The lowest BCUT2D eigenvalue weighted by Gasteiger charge is -2.10. The molecule has 2 aromatic carbocycles. The molecule has 0 fully saturated rings. The number of anilines is 2. The van der Waals surface area contributed by atoms with Crippen molar-refractivity contribution in [3.05, 3.63) is 58.1 Å². The SMILES string of the molecule is Cc1cc(Br)ccc1NC(=O)CCC(=O)OCC(=O)Nc1ccc(C(=O)OCC(C)C)cc1. The summed E-state index contributed by atoms with van der Waals surface area (Å²) in [4.78, 5) is 47.8. The third-order valence-electron chi connectivity index (χ3n) is 4.34. The van der Waals surface area contributed by atoms with Gasteiger partial charge in [0.1, 0.15) is 0 Å². The number of hydrogen-bond donors (Lipinski definition) is 2. The Bertz CT molecular complexity index is 1000. The molecular weight excluding hydrogens is 492 g/mol. The summed E-state index contributed by atoms with van der Waals surface area (Å²) >= 11 is 3.36. The molecule has 0 bridgehead atoms. The van der Waals surface area contributed by atoms with Gasteiger partial charge >= 0.3 is 11.9 Å². The van der Waals surface area contributed by atoms with Crippen molar-refractivity contribution in [1.82, 2.24) is 0 Å². The molecule has 0 radical (unpaired) electrons. The zero-order valence-corrected chi connectivity index (χ0v) is 20.4. The van der Waals surface area contributed by atoms with Gasteiger partial charge in [0.05, 0.1) is 18.6 Å². The van der Waals surface area contributed by atoms with Crippen molar-refractivity contribution in [3.63, 3.8) is 0 Å². The minimum atomic E-state index is -0.656. The molecule has 0 heterocycles. The minimum Gasteiger partial charge on any atom is -0.462 e. The van der Waals surface area contributed by atoms with Crippen LogP contribution < -0.4 is 10.6 Å². The number of halogens is 1. The van der Waals surface area contributed by atoms with Crippen LogP contribution in [0.15, 0.2) is 46.9 Å². The van der Waals surface area contributed by atoms with E-state index in [1.807, 2.05) is 32.9 Å². The number of esters is 2. The molecule has 2 rings (SSSR count). The molecule has 0 atom stereocenters. The van der Waals surface area contributed by atoms with Crippen molar-refractivity contribution in [1.29, 1.82) is 0 Å². The monoisotopic (exact) mass is 518 g/mol. The summed E-state index contributed by atoms with van der Waals surface area (Å²) in [5, 5.41) is 5.31. The number of carbonyl (C=O) groups excluding carboxylic acids is 4. The van der Waals surface area contributed by atoms with E-state index in [4.69, 9.17) is 9.47 Å². The second-order valence-corrected chi connectivity index (χ2v) is 8.70. The van der Waals surface area contributed by atoms with Crippen molar-refractivity contribution >= 4 is 51.1 Å². The zero-order valence-electron chi connectivity index (χ0n) is 18.8. The molecule has 0 aromatic heterocycles. The van der Waals surface area contributed by atoms with Crippen LogP contribution in [0, 0.1) is 12.8 Å². The van der Waals surface area contributed by atoms with Crippen LogP contribution in [0.25, 0.3) is 0 Å². The molecule has 176 valence electrons. The van der Waals surface area contributed by atoms with E-state index in [9.17, 15) is 19.2 Å². The molecule has 2 N–H and O–H groups in total. The lowest BCUT2D eigenvalue weighted by Crippen LogP contribution is -2.22. The quantitative estimate of drug-likeness (QED) is 0.448. The molecule has 9 heteroatoms. The number of nitrogens with one attached hydrogen (secondary N) is 2. The molecule has 2 amide bonds. The maximum absolute atomic E-state index is 12.0. The van der Waals surface area contributed by atoms with Gasteiger partial charge in [-0.2, -0.15) is 0 Å². The van der Waals surface area contributed by atoms with Crippen molar-refractivity contribution in [3.8, 4) is 0 Å². The molecule has 8 nitrogen and oxygen atoms in total. The van der Waals surface area contributed by atoms with E-state index in [0.717, 1.165) is 10.0 Å². The van der Waals surface area contributed by atoms with E-state index in [0.29, 0.717) is 23.5 Å². The van der Waals surface area contributed by atoms with Crippen LogP contribution in [0.5, 0.6) is 0 Å². The summed E-state index contributed by atoms with van der Waals surface area (Å²) in [5.74, 6) is -1.71. The second-order valence-electron chi connectivity index (χ2n) is 7.79. The fraction of sp³-hybridized carbons (Fsp3) is 0.333. The van der Waals surface area contributed by atoms with Gasteiger partial charge < -0.3 is 20.1 Å². The first-order chi connectivity index (χ1) is 15.6. The number of aryl methyl sites for hydroxylation is 1. The Morgan fingerprint density at radius 3 is 2.24 bits per heavy atom. The minimum absolute atomic E-state index is 0.0652. The maximum atomic E-state index is 12.0. The van der Waals surface area contributed by atoms with Crippen LogP contribution in [0.4, 0.5) is 11.4 Å².